The quantitative estimate of drug-likeness (QED) is 0.601. The van der Waals surface area contributed by atoms with Crippen molar-refractivity contribution >= 4 is 29.2 Å². The lowest BCUT2D eigenvalue weighted by atomic mass is 10.0. The largest absolute Gasteiger partial charge is 0.462 e. The maximum absolute atomic E-state index is 12.5. The number of nitrogens with one attached hydrogen (secondary N) is 1. The highest BCUT2D eigenvalue weighted by Gasteiger charge is 2.14. The van der Waals surface area contributed by atoms with Crippen LogP contribution in [-0.2, 0) is 4.74 Å². The van der Waals surface area contributed by atoms with Crippen LogP contribution in [0.15, 0.2) is 72.8 Å². The van der Waals surface area contributed by atoms with Crippen LogP contribution >= 0.6 is 11.6 Å². The minimum atomic E-state index is -0.522. The van der Waals surface area contributed by atoms with Crippen molar-refractivity contribution in [2.75, 3.05) is 11.9 Å². The number of hydrogen-bond donors (Lipinski definition) is 1. The van der Waals surface area contributed by atoms with E-state index in [-0.39, 0.29) is 23.1 Å². The lowest BCUT2D eigenvalue weighted by molar-refractivity contribution is 0.0526. The van der Waals surface area contributed by atoms with Crippen molar-refractivity contribution in [3.8, 4) is 11.1 Å². The van der Waals surface area contributed by atoms with E-state index in [2.05, 4.69) is 5.32 Å². The van der Waals surface area contributed by atoms with Gasteiger partial charge in [-0.1, -0.05) is 54.1 Å². The molecule has 3 aromatic carbocycles. The second-order valence-corrected chi connectivity index (χ2v) is 6.22. The molecule has 0 heterocycles. The van der Waals surface area contributed by atoms with Crippen LogP contribution in [0, 0.1) is 0 Å². The maximum atomic E-state index is 12.5. The average molecular weight is 380 g/mol. The molecule has 0 saturated carbocycles. The third kappa shape index (κ3) is 4.54. The summed E-state index contributed by atoms with van der Waals surface area (Å²) < 4.78 is 4.97. The molecule has 3 aromatic rings. The summed E-state index contributed by atoms with van der Waals surface area (Å²) in [5.41, 5.74) is 3.32. The summed E-state index contributed by atoms with van der Waals surface area (Å²) in [4.78, 5) is 24.4. The molecule has 0 aliphatic rings. The van der Waals surface area contributed by atoms with E-state index in [1.165, 1.54) is 6.07 Å². The molecule has 0 aliphatic heterocycles. The predicted molar refractivity (Wildman–Crippen MR) is 107 cm³/mol. The predicted octanol–water partition coefficient (Wildman–Crippen LogP) is 5.44. The Hall–Kier alpha value is -3.11. The van der Waals surface area contributed by atoms with E-state index in [1.807, 2.05) is 42.5 Å². The molecule has 0 saturated heterocycles. The Labute approximate surface area is 162 Å². The Balaban J connectivity index is 1.75. The van der Waals surface area contributed by atoms with E-state index in [0.717, 1.165) is 11.1 Å². The summed E-state index contributed by atoms with van der Waals surface area (Å²) in [7, 11) is 0. The lowest BCUT2D eigenvalue weighted by Crippen LogP contribution is -2.13. The number of anilines is 1. The normalized spacial score (nSPS) is 10.3. The zero-order chi connectivity index (χ0) is 19.2. The molecule has 27 heavy (non-hydrogen) atoms. The van der Waals surface area contributed by atoms with Crippen molar-refractivity contribution in [3.05, 3.63) is 88.9 Å². The molecule has 0 aliphatic carbocycles. The Morgan fingerprint density at radius 3 is 2.26 bits per heavy atom. The van der Waals surface area contributed by atoms with Crippen LogP contribution in [-0.4, -0.2) is 18.5 Å². The summed E-state index contributed by atoms with van der Waals surface area (Å²) in [5.74, 6) is -0.794. The van der Waals surface area contributed by atoms with Crippen molar-refractivity contribution in [2.24, 2.45) is 0 Å². The number of esters is 1. The van der Waals surface area contributed by atoms with Crippen molar-refractivity contribution in [3.63, 3.8) is 0 Å². The number of benzene rings is 3. The standard InChI is InChI=1S/C22H18ClNO3/c1-2-27-22(26)19-14-18(12-13-20(19)23)24-21(25)17-10-8-16(9-11-17)15-6-4-3-5-7-15/h3-14H,2H2,1H3,(H,24,25). The number of carbonyl (C=O) groups is 2. The monoisotopic (exact) mass is 379 g/mol. The fourth-order valence-electron chi connectivity index (χ4n) is 2.62. The van der Waals surface area contributed by atoms with Gasteiger partial charge in [-0.25, -0.2) is 4.79 Å². The van der Waals surface area contributed by atoms with Gasteiger partial charge < -0.3 is 10.1 Å². The van der Waals surface area contributed by atoms with Crippen LogP contribution < -0.4 is 5.32 Å². The Kier molecular flexibility index (Phi) is 5.89. The number of ether oxygens (including phenoxy) is 1. The first kappa shape index (κ1) is 18.7. The van der Waals surface area contributed by atoms with E-state index in [4.69, 9.17) is 16.3 Å². The van der Waals surface area contributed by atoms with E-state index in [1.54, 1.807) is 31.2 Å². The highest BCUT2D eigenvalue weighted by atomic mass is 35.5. The van der Waals surface area contributed by atoms with Gasteiger partial charge in [-0.15, -0.1) is 0 Å². The summed E-state index contributed by atoms with van der Waals surface area (Å²) >= 11 is 6.04. The van der Waals surface area contributed by atoms with Gasteiger partial charge >= 0.3 is 5.97 Å². The van der Waals surface area contributed by atoms with Gasteiger partial charge in [0.15, 0.2) is 0 Å². The fourth-order valence-corrected chi connectivity index (χ4v) is 2.81. The zero-order valence-corrected chi connectivity index (χ0v) is 15.5. The molecule has 5 heteroatoms. The SMILES string of the molecule is CCOC(=O)c1cc(NC(=O)c2ccc(-c3ccccc3)cc2)ccc1Cl. The van der Waals surface area contributed by atoms with Gasteiger partial charge in [0.2, 0.25) is 0 Å². The van der Waals surface area contributed by atoms with Crippen LogP contribution in [0.3, 0.4) is 0 Å². The van der Waals surface area contributed by atoms with Crippen LogP contribution in [0.5, 0.6) is 0 Å². The highest BCUT2D eigenvalue weighted by molar-refractivity contribution is 6.33. The fraction of sp³-hybridized carbons (Fsp3) is 0.0909. The van der Waals surface area contributed by atoms with Crippen molar-refractivity contribution in [1.82, 2.24) is 0 Å². The number of amides is 1. The molecule has 136 valence electrons. The summed E-state index contributed by atoms with van der Waals surface area (Å²) in [5, 5.41) is 3.05. The molecular formula is C22H18ClNO3. The number of halogens is 1. The second-order valence-electron chi connectivity index (χ2n) is 5.81. The number of hydrogen-bond acceptors (Lipinski definition) is 3. The third-order valence-electron chi connectivity index (χ3n) is 3.97. The highest BCUT2D eigenvalue weighted by Crippen LogP contribution is 2.23. The number of carbonyl (C=O) groups excluding carboxylic acids is 2. The summed E-state index contributed by atoms with van der Waals surface area (Å²) in [6, 6.07) is 22.0. The van der Waals surface area contributed by atoms with E-state index in [0.29, 0.717) is 11.3 Å². The molecular weight excluding hydrogens is 362 g/mol. The Bertz CT molecular complexity index is 953. The first-order chi connectivity index (χ1) is 13.1. The van der Waals surface area contributed by atoms with Crippen LogP contribution in [0.4, 0.5) is 5.69 Å². The smallest absolute Gasteiger partial charge is 0.339 e. The molecule has 1 amide bonds. The molecule has 0 radical (unpaired) electrons. The number of rotatable bonds is 5. The Morgan fingerprint density at radius 1 is 0.926 bits per heavy atom. The average Bonchev–Trinajstić information content (AvgIpc) is 2.70. The van der Waals surface area contributed by atoms with E-state index in [9.17, 15) is 9.59 Å². The molecule has 3 rings (SSSR count). The first-order valence-corrected chi connectivity index (χ1v) is 8.90. The van der Waals surface area contributed by atoms with Gasteiger partial charge in [0.05, 0.1) is 17.2 Å². The minimum Gasteiger partial charge on any atom is -0.462 e. The molecule has 0 fully saturated rings. The van der Waals surface area contributed by atoms with E-state index < -0.39 is 5.97 Å². The molecule has 4 nitrogen and oxygen atoms in total. The van der Waals surface area contributed by atoms with Gasteiger partial charge in [0.1, 0.15) is 0 Å². The van der Waals surface area contributed by atoms with Crippen LogP contribution in [0.2, 0.25) is 5.02 Å². The minimum absolute atomic E-state index is 0.218. The van der Waals surface area contributed by atoms with Crippen molar-refractivity contribution in [2.45, 2.75) is 6.92 Å². The van der Waals surface area contributed by atoms with Gasteiger partial charge in [-0.2, -0.15) is 0 Å². The summed E-state index contributed by atoms with van der Waals surface area (Å²) in [6.45, 7) is 1.97. The van der Waals surface area contributed by atoms with E-state index >= 15 is 0 Å². The first-order valence-electron chi connectivity index (χ1n) is 8.52. The molecule has 0 atom stereocenters. The van der Waals surface area contributed by atoms with Gasteiger partial charge in [0, 0.05) is 11.3 Å². The molecule has 0 spiro atoms. The zero-order valence-electron chi connectivity index (χ0n) is 14.7. The van der Waals surface area contributed by atoms with Gasteiger partial charge in [0.25, 0.3) is 5.91 Å². The van der Waals surface area contributed by atoms with Crippen molar-refractivity contribution in [1.29, 1.82) is 0 Å². The van der Waals surface area contributed by atoms with Crippen LogP contribution in [0.25, 0.3) is 11.1 Å². The topological polar surface area (TPSA) is 55.4 Å². The van der Waals surface area contributed by atoms with Crippen LogP contribution in [0.1, 0.15) is 27.6 Å². The molecule has 0 bridgehead atoms. The molecule has 0 aromatic heterocycles. The van der Waals surface area contributed by atoms with Gasteiger partial charge in [-0.3, -0.25) is 4.79 Å². The summed E-state index contributed by atoms with van der Waals surface area (Å²) in [6.07, 6.45) is 0. The van der Waals surface area contributed by atoms with Gasteiger partial charge in [-0.05, 0) is 48.4 Å². The second kappa shape index (κ2) is 8.52. The molecule has 1 N–H and O–H groups in total. The Morgan fingerprint density at radius 2 is 1.59 bits per heavy atom. The molecule has 0 unspecified atom stereocenters. The lowest BCUT2D eigenvalue weighted by Gasteiger charge is -2.09. The third-order valence-corrected chi connectivity index (χ3v) is 4.30. The van der Waals surface area contributed by atoms with Crippen molar-refractivity contribution < 1.29 is 14.3 Å². The maximum Gasteiger partial charge on any atom is 0.339 e.